The molecule has 1 aromatic heterocycles. The van der Waals surface area contributed by atoms with Gasteiger partial charge in [-0.05, 0) is 25.0 Å². The molecule has 8 heteroatoms. The van der Waals surface area contributed by atoms with Crippen molar-refractivity contribution in [3.05, 3.63) is 45.7 Å². The Labute approximate surface area is 161 Å². The van der Waals surface area contributed by atoms with E-state index >= 15 is 0 Å². The summed E-state index contributed by atoms with van der Waals surface area (Å²) in [6.45, 7) is 3.97. The summed E-state index contributed by atoms with van der Waals surface area (Å²) in [6.07, 6.45) is 1.96. The molecule has 27 heavy (non-hydrogen) atoms. The second-order valence-corrected chi connectivity index (χ2v) is 7.53. The number of aromatic nitrogens is 2. The Balaban J connectivity index is 1.88. The molecule has 3 rings (SSSR count). The molecule has 2 heterocycles. The van der Waals surface area contributed by atoms with Crippen molar-refractivity contribution in [2.24, 2.45) is 0 Å². The van der Waals surface area contributed by atoms with Crippen molar-refractivity contribution in [3.63, 3.8) is 0 Å². The van der Waals surface area contributed by atoms with Crippen LogP contribution in [0.4, 0.5) is 11.5 Å². The average Bonchev–Trinajstić information content (AvgIpc) is 2.62. The molecule has 2 amide bonds. The molecular weight excluding hydrogens is 364 g/mol. The summed E-state index contributed by atoms with van der Waals surface area (Å²) < 4.78 is 0. The number of carbonyl (C=O) groups excluding carboxylic acids is 2. The van der Waals surface area contributed by atoms with Gasteiger partial charge in [-0.15, -0.1) is 0 Å². The van der Waals surface area contributed by atoms with Crippen LogP contribution < -0.4 is 16.2 Å². The Hall–Kier alpha value is -2.61. The number of aryl methyl sites for hydroxylation is 1. The van der Waals surface area contributed by atoms with Gasteiger partial charge in [-0.1, -0.05) is 43.3 Å². The van der Waals surface area contributed by atoms with Crippen molar-refractivity contribution < 1.29 is 9.59 Å². The third-order valence-electron chi connectivity index (χ3n) is 4.39. The molecule has 0 spiro atoms. The minimum atomic E-state index is -0.876. The number of benzene rings is 1. The summed E-state index contributed by atoms with van der Waals surface area (Å²) in [6, 6.07) is 7.36. The van der Waals surface area contributed by atoms with E-state index in [1.54, 1.807) is 6.07 Å². The topological polar surface area (TPSA) is 104 Å². The molecule has 0 bridgehead atoms. The van der Waals surface area contributed by atoms with Crippen molar-refractivity contribution in [1.29, 1.82) is 0 Å². The summed E-state index contributed by atoms with van der Waals surface area (Å²) in [5, 5.41) is 5.90. The molecule has 1 aliphatic heterocycles. The predicted octanol–water partition coefficient (Wildman–Crippen LogP) is 3.04. The molecule has 1 aliphatic rings. The number of rotatable bonds is 6. The van der Waals surface area contributed by atoms with Gasteiger partial charge in [-0.3, -0.25) is 14.4 Å². The molecule has 2 aromatic rings. The molecule has 0 aliphatic carbocycles. The number of aromatic amines is 1. The summed E-state index contributed by atoms with van der Waals surface area (Å²) in [5.41, 5.74) is 1.39. The van der Waals surface area contributed by atoms with E-state index in [0.29, 0.717) is 10.8 Å². The normalized spacial score (nSPS) is 15.8. The molecule has 0 unspecified atom stereocenters. The van der Waals surface area contributed by atoms with Gasteiger partial charge in [0.2, 0.25) is 11.8 Å². The molecule has 0 saturated heterocycles. The van der Waals surface area contributed by atoms with Gasteiger partial charge < -0.3 is 15.6 Å². The van der Waals surface area contributed by atoms with E-state index < -0.39 is 5.92 Å². The molecule has 3 N–H and O–H groups in total. The van der Waals surface area contributed by atoms with Gasteiger partial charge in [-0.2, -0.15) is 0 Å². The van der Waals surface area contributed by atoms with E-state index in [-0.39, 0.29) is 35.2 Å². The fraction of sp³-hybridized carbons (Fsp3) is 0.368. The van der Waals surface area contributed by atoms with Gasteiger partial charge in [0, 0.05) is 17.9 Å². The van der Waals surface area contributed by atoms with Gasteiger partial charge in [0.05, 0.1) is 11.5 Å². The highest BCUT2D eigenvalue weighted by Crippen LogP contribution is 2.30. The van der Waals surface area contributed by atoms with E-state index in [4.69, 9.17) is 0 Å². The molecule has 0 radical (unpaired) electrons. The van der Waals surface area contributed by atoms with Crippen molar-refractivity contribution in [2.75, 3.05) is 16.4 Å². The first-order valence-electron chi connectivity index (χ1n) is 8.93. The zero-order chi connectivity index (χ0) is 19.4. The minimum absolute atomic E-state index is 0.0855. The number of anilines is 2. The molecule has 0 saturated carbocycles. The third-order valence-corrected chi connectivity index (χ3v) is 5.35. The monoisotopic (exact) mass is 386 g/mol. The van der Waals surface area contributed by atoms with Crippen LogP contribution in [-0.2, 0) is 9.59 Å². The van der Waals surface area contributed by atoms with Crippen LogP contribution in [0, 0.1) is 6.92 Å². The number of unbranched alkanes of at least 4 members (excludes halogenated alkanes) is 1. The number of nitrogens with one attached hydrogen (secondary N) is 3. The number of fused-ring (bicyclic) bond motifs is 1. The van der Waals surface area contributed by atoms with Gasteiger partial charge in [0.15, 0.2) is 5.16 Å². The van der Waals surface area contributed by atoms with E-state index in [2.05, 4.69) is 27.5 Å². The minimum Gasteiger partial charge on any atom is -0.325 e. The number of hydrogen-bond donors (Lipinski definition) is 3. The fourth-order valence-corrected chi connectivity index (χ4v) is 3.84. The molecule has 1 aromatic carbocycles. The number of nitrogens with zero attached hydrogens (tertiary/aromatic N) is 1. The van der Waals surface area contributed by atoms with Crippen LogP contribution in [0.1, 0.15) is 43.2 Å². The average molecular weight is 386 g/mol. The Kier molecular flexibility index (Phi) is 5.95. The molecule has 1 atom stereocenters. The standard InChI is InChI=1S/C19H22N4O3S/c1-3-4-9-27-19-22-16-15(18(26)23-19)12(10-14(24)21-16)17(25)20-13-8-6-5-7-11(13)2/h5-8,12H,3-4,9-10H2,1-2H3,(H,20,25)(H2,21,22,23,24,26)/t12-/m1/s1. The molecule has 142 valence electrons. The summed E-state index contributed by atoms with van der Waals surface area (Å²) in [5.74, 6) is -0.587. The van der Waals surface area contributed by atoms with Gasteiger partial charge in [0.25, 0.3) is 5.56 Å². The lowest BCUT2D eigenvalue weighted by atomic mass is 9.92. The Bertz CT molecular complexity index is 925. The highest BCUT2D eigenvalue weighted by molar-refractivity contribution is 7.99. The van der Waals surface area contributed by atoms with Crippen molar-refractivity contribution in [2.45, 2.75) is 44.2 Å². The largest absolute Gasteiger partial charge is 0.325 e. The zero-order valence-electron chi connectivity index (χ0n) is 15.3. The Morgan fingerprint density at radius 1 is 1.33 bits per heavy atom. The van der Waals surface area contributed by atoms with Crippen LogP contribution in [0.15, 0.2) is 34.2 Å². The van der Waals surface area contributed by atoms with Crippen LogP contribution in [0.3, 0.4) is 0 Å². The van der Waals surface area contributed by atoms with Crippen LogP contribution in [0.2, 0.25) is 0 Å². The first kappa shape index (κ1) is 19.2. The lowest BCUT2D eigenvalue weighted by molar-refractivity contribution is -0.123. The second-order valence-electron chi connectivity index (χ2n) is 6.44. The highest BCUT2D eigenvalue weighted by Gasteiger charge is 2.34. The number of amides is 2. The summed E-state index contributed by atoms with van der Waals surface area (Å²) in [4.78, 5) is 44.6. The van der Waals surface area contributed by atoms with Gasteiger partial charge in [-0.25, -0.2) is 4.98 Å². The number of hydrogen-bond acceptors (Lipinski definition) is 5. The van der Waals surface area contributed by atoms with Gasteiger partial charge >= 0.3 is 0 Å². The molecule has 0 fully saturated rings. The summed E-state index contributed by atoms with van der Waals surface area (Å²) in [7, 11) is 0. The zero-order valence-corrected chi connectivity index (χ0v) is 16.1. The van der Waals surface area contributed by atoms with Crippen molar-refractivity contribution >= 4 is 35.1 Å². The first-order chi connectivity index (χ1) is 13.0. The maximum absolute atomic E-state index is 12.8. The molecular formula is C19H22N4O3S. The van der Waals surface area contributed by atoms with Crippen LogP contribution in [-0.4, -0.2) is 27.5 Å². The summed E-state index contributed by atoms with van der Waals surface area (Å²) >= 11 is 1.43. The van der Waals surface area contributed by atoms with E-state index in [0.717, 1.165) is 24.2 Å². The van der Waals surface area contributed by atoms with E-state index in [1.807, 2.05) is 25.1 Å². The van der Waals surface area contributed by atoms with E-state index in [9.17, 15) is 14.4 Å². The smallest absolute Gasteiger partial charge is 0.257 e. The van der Waals surface area contributed by atoms with Crippen LogP contribution in [0.5, 0.6) is 0 Å². The van der Waals surface area contributed by atoms with Gasteiger partial charge in [0.1, 0.15) is 5.82 Å². The number of para-hydroxylation sites is 1. The van der Waals surface area contributed by atoms with E-state index in [1.165, 1.54) is 11.8 Å². The Morgan fingerprint density at radius 2 is 2.11 bits per heavy atom. The third kappa shape index (κ3) is 4.39. The first-order valence-corrected chi connectivity index (χ1v) is 9.91. The maximum atomic E-state index is 12.8. The maximum Gasteiger partial charge on any atom is 0.257 e. The fourth-order valence-electron chi connectivity index (χ4n) is 2.89. The quantitative estimate of drug-likeness (QED) is 0.402. The van der Waals surface area contributed by atoms with Crippen LogP contribution >= 0.6 is 11.8 Å². The van der Waals surface area contributed by atoms with Crippen LogP contribution in [0.25, 0.3) is 0 Å². The number of H-pyrrole nitrogens is 1. The lowest BCUT2D eigenvalue weighted by Gasteiger charge is -2.23. The number of thioether (sulfide) groups is 1. The molecule has 7 nitrogen and oxygen atoms in total. The SMILES string of the molecule is CCCCSc1nc2c(c(=O)[nH]1)[C@H](C(=O)Nc1ccccc1C)CC(=O)N2. The van der Waals surface area contributed by atoms with Crippen molar-refractivity contribution in [3.8, 4) is 0 Å². The predicted molar refractivity (Wildman–Crippen MR) is 106 cm³/mol. The lowest BCUT2D eigenvalue weighted by Crippen LogP contribution is -2.36. The number of carbonyl (C=O) groups is 2. The highest BCUT2D eigenvalue weighted by atomic mass is 32.2. The van der Waals surface area contributed by atoms with Crippen molar-refractivity contribution in [1.82, 2.24) is 9.97 Å². The Morgan fingerprint density at radius 3 is 2.85 bits per heavy atom. The second kappa shape index (κ2) is 8.39.